The minimum absolute atomic E-state index is 0.156. The van der Waals surface area contributed by atoms with Crippen molar-refractivity contribution in [3.8, 4) is 5.75 Å². The summed E-state index contributed by atoms with van der Waals surface area (Å²) in [4.78, 5) is 19.9. The summed E-state index contributed by atoms with van der Waals surface area (Å²) < 4.78 is 58.0. The topological polar surface area (TPSA) is 110 Å². The maximum Gasteiger partial charge on any atom is 0.573 e. The van der Waals surface area contributed by atoms with E-state index in [-0.39, 0.29) is 12.4 Å². The fraction of sp³-hybridized carbons (Fsp3) is 0.381. The Balaban J connectivity index is 1.14. The zero-order chi connectivity index (χ0) is 24.8. The maximum atomic E-state index is 12.6. The van der Waals surface area contributed by atoms with E-state index in [0.717, 1.165) is 12.1 Å². The molecule has 188 valence electrons. The Kier molecular flexibility index (Phi) is 7.83. The Morgan fingerprint density at radius 3 is 2.46 bits per heavy atom. The van der Waals surface area contributed by atoms with Crippen molar-refractivity contribution in [2.75, 3.05) is 38.5 Å². The second kappa shape index (κ2) is 11.0. The Labute approximate surface area is 200 Å². The van der Waals surface area contributed by atoms with E-state index < -0.39 is 23.3 Å². The summed E-state index contributed by atoms with van der Waals surface area (Å²) in [5.41, 5.74) is 1.87. The number of halogens is 3. The third kappa shape index (κ3) is 7.37. The van der Waals surface area contributed by atoms with Gasteiger partial charge in [-0.15, -0.1) is 18.2 Å². The maximum absolute atomic E-state index is 12.6. The standard InChI is InChI=1S/C21H22F3N5O5S/c22-21(23,24)33-16-3-1-15(2-4-16)14-32-20(30)34-29-9-7-28(8-10-29)11-12-35(31)17-5-6-18-19(13-17)26-27-25-18/h1-6,13H,7-12,14H2,(H,25,26,27). The van der Waals surface area contributed by atoms with E-state index >= 15 is 0 Å². The molecule has 1 aromatic heterocycles. The molecule has 0 saturated carbocycles. The van der Waals surface area contributed by atoms with Crippen molar-refractivity contribution >= 4 is 28.0 Å². The zero-order valence-electron chi connectivity index (χ0n) is 18.4. The van der Waals surface area contributed by atoms with Crippen LogP contribution in [-0.4, -0.2) is 80.6 Å². The van der Waals surface area contributed by atoms with Crippen LogP contribution in [0.3, 0.4) is 0 Å². The molecule has 1 aliphatic heterocycles. The molecule has 1 N–H and O–H groups in total. The number of nitrogens with one attached hydrogen (secondary N) is 1. The molecule has 4 rings (SSSR count). The summed E-state index contributed by atoms with van der Waals surface area (Å²) in [5.74, 6) is 0.0977. The lowest BCUT2D eigenvalue weighted by atomic mass is 10.2. The van der Waals surface area contributed by atoms with Crippen LogP contribution in [0.15, 0.2) is 47.4 Å². The van der Waals surface area contributed by atoms with Gasteiger partial charge in [0.15, 0.2) is 0 Å². The van der Waals surface area contributed by atoms with Crippen molar-refractivity contribution in [3.63, 3.8) is 0 Å². The van der Waals surface area contributed by atoms with Crippen LogP contribution in [0.1, 0.15) is 5.56 Å². The van der Waals surface area contributed by atoms with Crippen LogP contribution in [0, 0.1) is 0 Å². The summed E-state index contributed by atoms with van der Waals surface area (Å²) in [5, 5.41) is 12.0. The van der Waals surface area contributed by atoms with Gasteiger partial charge in [0.1, 0.15) is 23.4 Å². The first-order chi connectivity index (χ1) is 16.7. The van der Waals surface area contributed by atoms with Gasteiger partial charge in [0, 0.05) is 43.4 Å². The lowest BCUT2D eigenvalue weighted by Crippen LogP contribution is -2.47. The number of ether oxygens (including phenoxy) is 2. The number of nitrogens with zero attached hydrogens (tertiary/aromatic N) is 4. The highest BCUT2D eigenvalue weighted by Gasteiger charge is 2.31. The number of carbonyl (C=O) groups is 1. The van der Waals surface area contributed by atoms with E-state index in [9.17, 15) is 22.2 Å². The van der Waals surface area contributed by atoms with Gasteiger partial charge >= 0.3 is 12.5 Å². The largest absolute Gasteiger partial charge is 0.573 e. The number of alkyl halides is 3. The minimum atomic E-state index is -4.77. The molecular weight excluding hydrogens is 491 g/mol. The van der Waals surface area contributed by atoms with Gasteiger partial charge in [-0.05, 0) is 35.9 Å². The number of aromatic amines is 1. The predicted octanol–water partition coefficient (Wildman–Crippen LogP) is 2.85. The van der Waals surface area contributed by atoms with E-state index in [2.05, 4.69) is 25.0 Å². The van der Waals surface area contributed by atoms with Crippen LogP contribution < -0.4 is 4.74 Å². The third-order valence-corrected chi connectivity index (χ3v) is 6.53. The zero-order valence-corrected chi connectivity index (χ0v) is 19.2. The van der Waals surface area contributed by atoms with Crippen molar-refractivity contribution in [1.29, 1.82) is 0 Å². The monoisotopic (exact) mass is 513 g/mol. The number of rotatable bonds is 8. The molecule has 0 aliphatic carbocycles. The van der Waals surface area contributed by atoms with E-state index in [1.54, 1.807) is 18.2 Å². The first-order valence-electron chi connectivity index (χ1n) is 10.6. The van der Waals surface area contributed by atoms with Crippen LogP contribution in [-0.2, 0) is 27.0 Å². The van der Waals surface area contributed by atoms with Crippen LogP contribution in [0.4, 0.5) is 18.0 Å². The highest BCUT2D eigenvalue weighted by Crippen LogP contribution is 2.23. The average Bonchev–Trinajstić information content (AvgIpc) is 3.30. The summed E-state index contributed by atoms with van der Waals surface area (Å²) in [6.07, 6.45) is -5.67. The van der Waals surface area contributed by atoms with E-state index in [1.165, 1.54) is 17.2 Å². The Morgan fingerprint density at radius 1 is 1.03 bits per heavy atom. The molecule has 1 unspecified atom stereocenters. The normalized spacial score (nSPS) is 16.2. The molecule has 2 aromatic carbocycles. The third-order valence-electron chi connectivity index (χ3n) is 5.19. The van der Waals surface area contributed by atoms with Crippen molar-refractivity contribution in [2.24, 2.45) is 0 Å². The number of carbonyl (C=O) groups excluding carboxylic acids is 1. The van der Waals surface area contributed by atoms with Crippen molar-refractivity contribution in [3.05, 3.63) is 48.0 Å². The summed E-state index contributed by atoms with van der Waals surface area (Å²) in [7, 11) is -1.18. The molecule has 0 radical (unpaired) electrons. The summed E-state index contributed by atoms with van der Waals surface area (Å²) in [6.45, 7) is 2.61. The molecule has 1 fully saturated rings. The number of H-pyrrole nitrogens is 1. The molecule has 0 amide bonds. The molecule has 10 nitrogen and oxygen atoms in total. The Morgan fingerprint density at radius 2 is 1.74 bits per heavy atom. The molecule has 1 atom stereocenters. The van der Waals surface area contributed by atoms with Gasteiger partial charge in [-0.25, -0.2) is 4.79 Å². The molecule has 0 bridgehead atoms. The number of hydrogen-bond donors (Lipinski definition) is 1. The van der Waals surface area contributed by atoms with Gasteiger partial charge in [-0.1, -0.05) is 12.1 Å². The number of fused-ring (bicyclic) bond motifs is 1. The van der Waals surface area contributed by atoms with Gasteiger partial charge in [0.2, 0.25) is 0 Å². The van der Waals surface area contributed by atoms with Gasteiger partial charge < -0.3 is 14.3 Å². The molecule has 2 heterocycles. The number of benzene rings is 2. The van der Waals surface area contributed by atoms with Gasteiger partial charge in [-0.3, -0.25) is 9.11 Å². The number of aromatic nitrogens is 3. The van der Waals surface area contributed by atoms with E-state index in [0.29, 0.717) is 60.0 Å². The van der Waals surface area contributed by atoms with E-state index in [4.69, 9.17) is 9.57 Å². The number of piperazine rings is 1. The highest BCUT2D eigenvalue weighted by molar-refractivity contribution is 7.85. The Hall–Kier alpha value is -3.23. The molecule has 1 saturated heterocycles. The fourth-order valence-corrected chi connectivity index (χ4v) is 4.52. The van der Waals surface area contributed by atoms with Gasteiger partial charge in [0.25, 0.3) is 0 Å². The quantitative estimate of drug-likeness (QED) is 0.455. The Bertz CT molecular complexity index is 1170. The highest BCUT2D eigenvalue weighted by atomic mass is 32.2. The first kappa shape index (κ1) is 24.9. The van der Waals surface area contributed by atoms with Crippen molar-refractivity contribution in [1.82, 2.24) is 25.4 Å². The molecule has 14 heteroatoms. The van der Waals surface area contributed by atoms with E-state index in [1.807, 2.05) is 0 Å². The number of hydrogen-bond acceptors (Lipinski definition) is 9. The van der Waals surface area contributed by atoms with Gasteiger partial charge in [0.05, 0.1) is 10.8 Å². The predicted molar refractivity (Wildman–Crippen MR) is 118 cm³/mol. The van der Waals surface area contributed by atoms with Crippen molar-refractivity contribution in [2.45, 2.75) is 17.9 Å². The molecule has 3 aromatic rings. The first-order valence-corrected chi connectivity index (χ1v) is 11.9. The van der Waals surface area contributed by atoms with Gasteiger partial charge in [-0.2, -0.15) is 15.4 Å². The number of hydroxylamine groups is 2. The van der Waals surface area contributed by atoms with Crippen LogP contribution in [0.2, 0.25) is 0 Å². The summed E-state index contributed by atoms with van der Waals surface area (Å²) >= 11 is 0. The van der Waals surface area contributed by atoms with Crippen molar-refractivity contribution < 1.29 is 36.5 Å². The lowest BCUT2D eigenvalue weighted by Gasteiger charge is -2.32. The fourth-order valence-electron chi connectivity index (χ4n) is 3.40. The minimum Gasteiger partial charge on any atom is -0.428 e. The van der Waals surface area contributed by atoms with Crippen LogP contribution in [0.5, 0.6) is 5.75 Å². The second-order valence-corrected chi connectivity index (χ2v) is 9.19. The molecule has 1 aliphatic rings. The molecular formula is C21H22F3N5O5S. The lowest BCUT2D eigenvalue weighted by molar-refractivity contribution is -0.274. The van der Waals surface area contributed by atoms with Crippen LogP contribution in [0.25, 0.3) is 11.0 Å². The summed E-state index contributed by atoms with van der Waals surface area (Å²) in [6, 6.07) is 10.3. The second-order valence-electron chi connectivity index (χ2n) is 7.62. The smallest absolute Gasteiger partial charge is 0.428 e. The SMILES string of the molecule is O=C(OCc1ccc(OC(F)(F)F)cc1)ON1CCN(CCS(=O)c2ccc3n[nH]nc3c2)CC1. The average molecular weight is 513 g/mol. The molecule has 0 spiro atoms. The van der Waals surface area contributed by atoms with Crippen LogP contribution >= 0.6 is 0 Å². The molecule has 35 heavy (non-hydrogen) atoms.